The fraction of sp³-hybridized carbons (Fsp3) is 0.118. The summed E-state index contributed by atoms with van der Waals surface area (Å²) in [4.78, 5) is 12.3. The Kier molecular flexibility index (Phi) is 3.90. The highest BCUT2D eigenvalue weighted by atomic mass is 79.9. The van der Waals surface area contributed by atoms with Gasteiger partial charge in [0.1, 0.15) is 11.5 Å². The minimum atomic E-state index is -0.408. The number of hydrogen-bond acceptors (Lipinski definition) is 4. The van der Waals surface area contributed by atoms with Crippen molar-refractivity contribution < 1.29 is 13.9 Å². The molecule has 0 saturated heterocycles. The van der Waals surface area contributed by atoms with E-state index in [0.29, 0.717) is 28.2 Å². The predicted octanol–water partition coefficient (Wildman–Crippen LogP) is 4.24. The van der Waals surface area contributed by atoms with Crippen molar-refractivity contribution in [3.63, 3.8) is 0 Å². The van der Waals surface area contributed by atoms with Gasteiger partial charge in [0.05, 0.1) is 24.3 Å². The number of benzene rings is 2. The van der Waals surface area contributed by atoms with E-state index in [4.69, 9.17) is 13.9 Å². The molecule has 2 aromatic carbocycles. The lowest BCUT2D eigenvalue weighted by atomic mass is 10.1. The average Bonchev–Trinajstić information content (AvgIpc) is 2.54. The number of hydrogen-bond donors (Lipinski definition) is 0. The minimum absolute atomic E-state index is 0.408. The van der Waals surface area contributed by atoms with Crippen LogP contribution in [0.15, 0.2) is 56.1 Å². The van der Waals surface area contributed by atoms with Crippen molar-refractivity contribution in [2.45, 2.75) is 0 Å². The van der Waals surface area contributed by atoms with Gasteiger partial charge in [0.25, 0.3) is 0 Å². The molecular formula is C17H13BrO4. The number of para-hydroxylation sites is 1. The first-order valence-electron chi connectivity index (χ1n) is 6.58. The summed E-state index contributed by atoms with van der Waals surface area (Å²) in [5, 5.41) is 0.839. The molecular weight excluding hydrogens is 348 g/mol. The molecule has 1 heterocycles. The third-order valence-corrected chi connectivity index (χ3v) is 4.00. The molecule has 3 rings (SSSR count). The normalized spacial score (nSPS) is 10.7. The minimum Gasteiger partial charge on any atom is -0.497 e. The molecule has 0 atom stereocenters. The Morgan fingerprint density at radius 1 is 1.00 bits per heavy atom. The van der Waals surface area contributed by atoms with E-state index < -0.39 is 5.63 Å². The third-order valence-electron chi connectivity index (χ3n) is 3.37. The molecule has 0 saturated carbocycles. The summed E-state index contributed by atoms with van der Waals surface area (Å²) in [6.07, 6.45) is 0. The Morgan fingerprint density at radius 2 is 1.68 bits per heavy atom. The van der Waals surface area contributed by atoms with Crippen LogP contribution in [0.4, 0.5) is 0 Å². The number of fused-ring (bicyclic) bond motifs is 1. The first-order valence-corrected chi connectivity index (χ1v) is 7.37. The molecule has 0 fully saturated rings. The molecule has 4 nitrogen and oxygen atoms in total. The quantitative estimate of drug-likeness (QED) is 0.655. The van der Waals surface area contributed by atoms with Gasteiger partial charge in [0.15, 0.2) is 5.58 Å². The lowest BCUT2D eigenvalue weighted by Gasteiger charge is -2.08. The van der Waals surface area contributed by atoms with Crippen LogP contribution in [-0.2, 0) is 0 Å². The van der Waals surface area contributed by atoms with E-state index in [1.54, 1.807) is 38.5 Å². The van der Waals surface area contributed by atoms with E-state index in [0.717, 1.165) is 9.86 Å². The molecule has 0 spiro atoms. The van der Waals surface area contributed by atoms with E-state index >= 15 is 0 Å². The van der Waals surface area contributed by atoms with Gasteiger partial charge < -0.3 is 13.9 Å². The standard InChI is InChI=1S/C17H13BrO4/c1-20-12-6-11(7-13(9-12)21-2)14-8-10-4-3-5-15(18)16(10)22-17(14)19/h3-9H,1-2H3. The molecule has 5 heteroatoms. The lowest BCUT2D eigenvalue weighted by Crippen LogP contribution is -2.03. The van der Waals surface area contributed by atoms with Crippen LogP contribution in [0.1, 0.15) is 0 Å². The molecule has 0 aliphatic heterocycles. The van der Waals surface area contributed by atoms with Gasteiger partial charge in [-0.05, 0) is 45.8 Å². The van der Waals surface area contributed by atoms with Gasteiger partial charge in [-0.2, -0.15) is 0 Å². The van der Waals surface area contributed by atoms with Crippen LogP contribution < -0.4 is 15.1 Å². The van der Waals surface area contributed by atoms with E-state index in [1.165, 1.54) is 0 Å². The summed E-state index contributed by atoms with van der Waals surface area (Å²) < 4.78 is 16.7. The average molecular weight is 361 g/mol. The van der Waals surface area contributed by atoms with Crippen LogP contribution in [0.3, 0.4) is 0 Å². The van der Waals surface area contributed by atoms with Gasteiger partial charge in [-0.25, -0.2) is 4.79 Å². The topological polar surface area (TPSA) is 48.7 Å². The zero-order valence-electron chi connectivity index (χ0n) is 12.1. The number of halogens is 1. The molecule has 3 aromatic rings. The van der Waals surface area contributed by atoms with Crippen LogP contribution in [0.25, 0.3) is 22.1 Å². The van der Waals surface area contributed by atoms with Gasteiger partial charge in [-0.15, -0.1) is 0 Å². The van der Waals surface area contributed by atoms with E-state index in [1.807, 2.05) is 18.2 Å². The van der Waals surface area contributed by atoms with Gasteiger partial charge in [-0.3, -0.25) is 0 Å². The first kappa shape index (κ1) is 14.7. The summed E-state index contributed by atoms with van der Waals surface area (Å²) in [7, 11) is 3.14. The maximum atomic E-state index is 12.3. The maximum absolute atomic E-state index is 12.3. The molecule has 22 heavy (non-hydrogen) atoms. The molecule has 0 aliphatic rings. The van der Waals surface area contributed by atoms with E-state index in [-0.39, 0.29) is 0 Å². The monoisotopic (exact) mass is 360 g/mol. The summed E-state index contributed by atoms with van der Waals surface area (Å²) in [6.45, 7) is 0. The van der Waals surface area contributed by atoms with Crippen molar-refractivity contribution in [3.8, 4) is 22.6 Å². The highest BCUT2D eigenvalue weighted by Crippen LogP contribution is 2.31. The summed E-state index contributed by atoms with van der Waals surface area (Å²) in [5.74, 6) is 1.23. The van der Waals surface area contributed by atoms with Crippen LogP contribution in [0.2, 0.25) is 0 Å². The van der Waals surface area contributed by atoms with Crippen molar-refractivity contribution >= 4 is 26.9 Å². The smallest absolute Gasteiger partial charge is 0.344 e. The second-order valence-electron chi connectivity index (χ2n) is 4.71. The highest BCUT2D eigenvalue weighted by molar-refractivity contribution is 9.10. The summed E-state index contributed by atoms with van der Waals surface area (Å²) in [6, 6.07) is 12.7. The number of rotatable bonds is 3. The Bertz CT molecular complexity index is 877. The fourth-order valence-electron chi connectivity index (χ4n) is 2.27. The molecule has 0 aliphatic carbocycles. The second-order valence-corrected chi connectivity index (χ2v) is 5.56. The van der Waals surface area contributed by atoms with Crippen molar-refractivity contribution in [3.05, 3.63) is 57.4 Å². The lowest BCUT2D eigenvalue weighted by molar-refractivity contribution is 0.394. The second kappa shape index (κ2) is 5.85. The third kappa shape index (κ3) is 2.60. The molecule has 0 amide bonds. The van der Waals surface area contributed by atoms with Gasteiger partial charge in [0, 0.05) is 11.5 Å². The number of methoxy groups -OCH3 is 2. The Labute approximate surface area is 135 Å². The van der Waals surface area contributed by atoms with Gasteiger partial charge in [-0.1, -0.05) is 12.1 Å². The number of ether oxygens (including phenoxy) is 2. The Morgan fingerprint density at radius 3 is 2.32 bits per heavy atom. The Hall–Kier alpha value is -2.27. The summed E-state index contributed by atoms with van der Waals surface area (Å²) in [5.41, 5.74) is 1.27. The molecule has 0 bridgehead atoms. The van der Waals surface area contributed by atoms with Gasteiger partial charge >= 0.3 is 5.63 Å². The van der Waals surface area contributed by atoms with Crippen LogP contribution in [0.5, 0.6) is 11.5 Å². The zero-order chi connectivity index (χ0) is 15.7. The zero-order valence-corrected chi connectivity index (χ0v) is 13.6. The molecule has 0 N–H and O–H groups in total. The van der Waals surface area contributed by atoms with Crippen LogP contribution >= 0.6 is 15.9 Å². The van der Waals surface area contributed by atoms with Crippen molar-refractivity contribution in [1.29, 1.82) is 0 Å². The molecule has 112 valence electrons. The van der Waals surface area contributed by atoms with E-state index in [9.17, 15) is 4.79 Å². The van der Waals surface area contributed by atoms with Crippen LogP contribution in [0, 0.1) is 0 Å². The molecule has 1 aromatic heterocycles. The SMILES string of the molecule is COc1cc(OC)cc(-c2cc3cccc(Br)c3oc2=O)c1. The highest BCUT2D eigenvalue weighted by Gasteiger charge is 2.12. The van der Waals surface area contributed by atoms with Crippen molar-refractivity contribution in [2.24, 2.45) is 0 Å². The predicted molar refractivity (Wildman–Crippen MR) is 88.7 cm³/mol. The van der Waals surface area contributed by atoms with Crippen LogP contribution in [-0.4, -0.2) is 14.2 Å². The van der Waals surface area contributed by atoms with Crippen molar-refractivity contribution in [2.75, 3.05) is 14.2 Å². The first-order chi connectivity index (χ1) is 10.6. The van der Waals surface area contributed by atoms with Crippen molar-refractivity contribution in [1.82, 2.24) is 0 Å². The molecule has 0 unspecified atom stereocenters. The van der Waals surface area contributed by atoms with Gasteiger partial charge in [0.2, 0.25) is 0 Å². The molecule has 0 radical (unpaired) electrons. The maximum Gasteiger partial charge on any atom is 0.344 e. The largest absolute Gasteiger partial charge is 0.497 e. The van der Waals surface area contributed by atoms with E-state index in [2.05, 4.69) is 15.9 Å². The Balaban J connectivity index is 2.26. The summed E-state index contributed by atoms with van der Waals surface area (Å²) >= 11 is 3.38. The fourth-order valence-corrected chi connectivity index (χ4v) is 2.74.